The van der Waals surface area contributed by atoms with Crippen molar-refractivity contribution in [2.45, 2.75) is 83.2 Å². The summed E-state index contributed by atoms with van der Waals surface area (Å²) >= 11 is 4.94. The average Bonchev–Trinajstić information content (AvgIpc) is 3.51. The van der Waals surface area contributed by atoms with Gasteiger partial charge in [0.05, 0.1) is 5.71 Å². The topological polar surface area (TPSA) is 89.1 Å². The Morgan fingerprint density at radius 1 is 1.27 bits per heavy atom. The Labute approximate surface area is 225 Å². The molecule has 4 N–H and O–H groups in total. The summed E-state index contributed by atoms with van der Waals surface area (Å²) < 4.78 is 11.4. The van der Waals surface area contributed by atoms with Gasteiger partial charge in [-0.1, -0.05) is 30.9 Å². The van der Waals surface area contributed by atoms with E-state index in [0.717, 1.165) is 75.0 Å². The van der Waals surface area contributed by atoms with Crippen LogP contribution in [0.25, 0.3) is 0 Å². The van der Waals surface area contributed by atoms with Crippen molar-refractivity contribution in [1.29, 1.82) is 0 Å². The highest BCUT2D eigenvalue weighted by Gasteiger charge is 2.44. The molecule has 0 bridgehead atoms. The van der Waals surface area contributed by atoms with E-state index < -0.39 is 5.60 Å². The smallest absolute Gasteiger partial charge is 0.231 e. The van der Waals surface area contributed by atoms with Crippen molar-refractivity contribution in [2.75, 3.05) is 6.79 Å². The Bertz CT molecular complexity index is 1220. The number of thiocarbonyl (C=S) groups is 1. The van der Waals surface area contributed by atoms with Crippen molar-refractivity contribution in [2.24, 2.45) is 22.7 Å². The van der Waals surface area contributed by atoms with Gasteiger partial charge in [-0.05, 0) is 117 Å². The maximum atomic E-state index is 11.1. The van der Waals surface area contributed by atoms with Gasteiger partial charge in [0.2, 0.25) is 6.79 Å². The fraction of sp³-hybridized carbons (Fsp3) is 0.533. The Kier molecular flexibility index (Phi) is 7.60. The van der Waals surface area contributed by atoms with E-state index in [-0.39, 0.29) is 11.9 Å². The molecule has 0 amide bonds. The van der Waals surface area contributed by atoms with Gasteiger partial charge in [-0.3, -0.25) is 5.43 Å². The minimum atomic E-state index is -0.858. The minimum Gasteiger partial charge on any atom is -0.454 e. The number of ether oxygens (including phenoxy) is 2. The first-order valence-electron chi connectivity index (χ1n) is 13.5. The van der Waals surface area contributed by atoms with Crippen molar-refractivity contribution < 1.29 is 14.6 Å². The zero-order chi connectivity index (χ0) is 26.0. The number of nitrogens with zero attached hydrogens (tertiary/aromatic N) is 1. The highest BCUT2D eigenvalue weighted by atomic mass is 32.1. The molecule has 4 atom stereocenters. The standard InChI is InChI=1S/C30H37N3O3S/c1-3-5-23(20-7-11-26-27(16-20)36-18-35-26)28-24-10-8-22(32-33-29(31)37)15-19(24)6-9-25(28)21-12-14-30(34,17-21)13-4-2/h7,11,15-16,21,23,25,34H,3,5-6,8-10,12,14,17-18H2,1-2H3,(H3,31,33,37)/b32-22+/t21-,23-,25+,30+/m1/s1. The molecule has 3 aliphatic carbocycles. The molecule has 1 saturated carbocycles. The highest BCUT2D eigenvalue weighted by Crippen LogP contribution is 2.53. The number of nitrogens with one attached hydrogen (secondary N) is 1. The molecule has 0 radical (unpaired) electrons. The molecule has 6 nitrogen and oxygen atoms in total. The third-order valence-corrected chi connectivity index (χ3v) is 8.44. The molecular weight excluding hydrogens is 482 g/mol. The van der Waals surface area contributed by atoms with Crippen LogP contribution in [0.15, 0.2) is 46.1 Å². The van der Waals surface area contributed by atoms with Gasteiger partial charge in [-0.15, -0.1) is 5.92 Å². The van der Waals surface area contributed by atoms with Gasteiger partial charge >= 0.3 is 0 Å². The zero-order valence-corrected chi connectivity index (χ0v) is 22.6. The van der Waals surface area contributed by atoms with Crippen LogP contribution in [-0.4, -0.2) is 28.3 Å². The molecule has 0 aromatic heterocycles. The van der Waals surface area contributed by atoms with Crippen LogP contribution in [0.3, 0.4) is 0 Å². The fourth-order valence-electron chi connectivity index (χ4n) is 6.86. The van der Waals surface area contributed by atoms with Gasteiger partial charge in [0.15, 0.2) is 16.6 Å². The molecule has 1 aromatic carbocycles. The summed E-state index contributed by atoms with van der Waals surface area (Å²) in [6, 6.07) is 6.45. The Morgan fingerprint density at radius 2 is 2.11 bits per heavy atom. The summed E-state index contributed by atoms with van der Waals surface area (Å²) in [5.74, 6) is 8.87. The number of hydrogen-bond donors (Lipinski definition) is 3. The molecule has 0 unspecified atom stereocenters. The highest BCUT2D eigenvalue weighted by molar-refractivity contribution is 7.80. The molecule has 7 heteroatoms. The predicted molar refractivity (Wildman–Crippen MR) is 150 cm³/mol. The Hall–Kier alpha value is -2.82. The van der Waals surface area contributed by atoms with E-state index in [2.05, 4.69) is 53.6 Å². The lowest BCUT2D eigenvalue weighted by Gasteiger charge is -2.40. The van der Waals surface area contributed by atoms with Crippen molar-refractivity contribution in [1.82, 2.24) is 5.43 Å². The second kappa shape index (κ2) is 10.9. The summed E-state index contributed by atoms with van der Waals surface area (Å²) in [4.78, 5) is 0. The third-order valence-electron chi connectivity index (χ3n) is 8.35. The number of allylic oxidation sites excluding steroid dienone is 4. The fourth-order valence-corrected chi connectivity index (χ4v) is 6.91. The number of nitrogens with two attached hydrogens (primary N) is 1. The van der Waals surface area contributed by atoms with Crippen molar-refractivity contribution in [3.05, 3.63) is 46.6 Å². The van der Waals surface area contributed by atoms with Gasteiger partial charge in [0.1, 0.15) is 5.60 Å². The molecule has 1 aliphatic heterocycles. The summed E-state index contributed by atoms with van der Waals surface area (Å²) in [5.41, 5.74) is 14.2. The number of benzene rings is 1. The normalized spacial score (nSPS) is 28.3. The molecule has 0 saturated heterocycles. The van der Waals surface area contributed by atoms with Gasteiger partial charge in [0, 0.05) is 5.92 Å². The maximum absolute atomic E-state index is 11.1. The lowest BCUT2D eigenvalue weighted by atomic mass is 9.65. The number of rotatable bonds is 6. The number of hydrazone groups is 1. The number of aliphatic hydroxyl groups is 1. The molecule has 0 spiro atoms. The quantitative estimate of drug-likeness (QED) is 0.262. The largest absolute Gasteiger partial charge is 0.454 e. The summed E-state index contributed by atoms with van der Waals surface area (Å²) in [6.45, 7) is 4.36. The van der Waals surface area contributed by atoms with E-state index >= 15 is 0 Å². The Morgan fingerprint density at radius 3 is 2.89 bits per heavy atom. The lowest BCUT2D eigenvalue weighted by Crippen LogP contribution is -2.30. The van der Waals surface area contributed by atoms with Gasteiger partial charge in [-0.25, -0.2) is 0 Å². The first-order chi connectivity index (χ1) is 17.9. The van der Waals surface area contributed by atoms with Crippen LogP contribution in [-0.2, 0) is 0 Å². The molecule has 196 valence electrons. The van der Waals surface area contributed by atoms with Crippen molar-refractivity contribution in [3.63, 3.8) is 0 Å². The van der Waals surface area contributed by atoms with Crippen LogP contribution in [0.1, 0.15) is 83.1 Å². The number of hydrogen-bond acceptors (Lipinski definition) is 5. The molecule has 1 fully saturated rings. The van der Waals surface area contributed by atoms with Crippen molar-refractivity contribution in [3.8, 4) is 23.3 Å². The van der Waals surface area contributed by atoms with Crippen molar-refractivity contribution >= 4 is 23.0 Å². The van der Waals surface area contributed by atoms with Crippen LogP contribution >= 0.6 is 12.2 Å². The van der Waals surface area contributed by atoms with Crippen LogP contribution in [0.2, 0.25) is 0 Å². The van der Waals surface area contributed by atoms with E-state index in [0.29, 0.717) is 17.8 Å². The minimum absolute atomic E-state index is 0.186. The van der Waals surface area contributed by atoms with E-state index in [1.54, 1.807) is 5.57 Å². The van der Waals surface area contributed by atoms with Gasteiger partial charge in [-0.2, -0.15) is 5.10 Å². The maximum Gasteiger partial charge on any atom is 0.231 e. The molecule has 1 aromatic rings. The second-order valence-corrected chi connectivity index (χ2v) is 11.1. The molecular formula is C30H37N3O3S. The molecule has 37 heavy (non-hydrogen) atoms. The first kappa shape index (κ1) is 25.8. The average molecular weight is 520 g/mol. The molecule has 1 heterocycles. The van der Waals surface area contributed by atoms with Crippen LogP contribution in [0.4, 0.5) is 0 Å². The molecule has 5 rings (SSSR count). The predicted octanol–water partition coefficient (Wildman–Crippen LogP) is 5.47. The lowest BCUT2D eigenvalue weighted by molar-refractivity contribution is 0.101. The van der Waals surface area contributed by atoms with Crippen LogP contribution < -0.4 is 20.6 Å². The third kappa shape index (κ3) is 5.42. The van der Waals surface area contributed by atoms with Crippen LogP contribution in [0, 0.1) is 23.7 Å². The monoisotopic (exact) mass is 519 g/mol. The molecule has 4 aliphatic rings. The van der Waals surface area contributed by atoms with Gasteiger partial charge in [0.25, 0.3) is 0 Å². The second-order valence-electron chi connectivity index (χ2n) is 10.7. The van der Waals surface area contributed by atoms with E-state index in [1.165, 1.54) is 16.7 Å². The van der Waals surface area contributed by atoms with E-state index in [9.17, 15) is 5.11 Å². The summed E-state index contributed by atoms with van der Waals surface area (Å²) in [6.07, 6.45) is 10.8. The Balaban J connectivity index is 1.58. The first-order valence-corrected chi connectivity index (χ1v) is 13.9. The zero-order valence-electron chi connectivity index (χ0n) is 21.8. The summed E-state index contributed by atoms with van der Waals surface area (Å²) in [7, 11) is 0. The number of fused-ring (bicyclic) bond motifs is 2. The van der Waals surface area contributed by atoms with Crippen LogP contribution in [0.5, 0.6) is 11.5 Å². The van der Waals surface area contributed by atoms with E-state index in [4.69, 9.17) is 27.4 Å². The SMILES string of the molecule is CC#C[C@]1(O)CC[C@@H]([C@@H]2CCC3=C/C(=N/NC(N)=S)CCC3=C2[C@H](CCC)c2ccc3c(c2)OCO3)C1. The van der Waals surface area contributed by atoms with Gasteiger partial charge < -0.3 is 20.3 Å². The summed E-state index contributed by atoms with van der Waals surface area (Å²) in [5, 5.41) is 15.8. The van der Waals surface area contributed by atoms with E-state index in [1.807, 2.05) is 6.92 Å².